The van der Waals surface area contributed by atoms with Crippen molar-refractivity contribution in [2.45, 2.75) is 20.4 Å². The average Bonchev–Trinajstić information content (AvgIpc) is 2.79. The number of ether oxygens (including phenoxy) is 4. The first-order chi connectivity index (χ1) is 14.9. The minimum Gasteiger partial charge on any atom is -0.493 e. The zero-order chi connectivity index (χ0) is 22.4. The molecular weight excluding hydrogens is 396 g/mol. The predicted octanol–water partition coefficient (Wildman–Crippen LogP) is 4.45. The van der Waals surface area contributed by atoms with Gasteiger partial charge in [-0.3, -0.25) is 4.79 Å². The number of amides is 1. The lowest BCUT2D eigenvalue weighted by Gasteiger charge is -2.14. The number of aryl methyl sites for hydroxylation is 2. The highest BCUT2D eigenvalue weighted by molar-refractivity contribution is 5.95. The second kappa shape index (κ2) is 9.84. The summed E-state index contributed by atoms with van der Waals surface area (Å²) in [6.07, 6.45) is 1.68. The molecule has 162 valence electrons. The summed E-state index contributed by atoms with van der Waals surface area (Å²) >= 11 is 0. The zero-order valence-electron chi connectivity index (χ0n) is 18.3. The molecule has 3 aromatic rings. The van der Waals surface area contributed by atoms with Gasteiger partial charge in [0.05, 0.1) is 21.3 Å². The third-order valence-electron chi connectivity index (χ3n) is 4.74. The van der Waals surface area contributed by atoms with E-state index in [0.29, 0.717) is 35.2 Å². The predicted molar refractivity (Wildman–Crippen MR) is 117 cm³/mol. The minimum absolute atomic E-state index is 0.269. The summed E-state index contributed by atoms with van der Waals surface area (Å²) < 4.78 is 21.8. The van der Waals surface area contributed by atoms with Gasteiger partial charge in [0, 0.05) is 24.4 Å². The van der Waals surface area contributed by atoms with Gasteiger partial charge in [0.2, 0.25) is 11.6 Å². The largest absolute Gasteiger partial charge is 0.493 e. The van der Waals surface area contributed by atoms with Gasteiger partial charge in [0.15, 0.2) is 11.5 Å². The van der Waals surface area contributed by atoms with Crippen molar-refractivity contribution >= 4 is 5.91 Å². The smallest absolute Gasteiger partial charge is 0.251 e. The summed E-state index contributed by atoms with van der Waals surface area (Å²) in [5.41, 5.74) is 3.40. The van der Waals surface area contributed by atoms with Crippen LogP contribution in [-0.2, 0) is 6.54 Å². The number of aromatic nitrogens is 1. The summed E-state index contributed by atoms with van der Waals surface area (Å²) in [5.74, 6) is 2.27. The van der Waals surface area contributed by atoms with Crippen LogP contribution in [0.25, 0.3) is 0 Å². The standard InChI is InChI=1S/C24H26N2O5/c1-15-6-7-16(2)19(10-15)31-22-9-8-17(13-25-22)14-26-24(27)18-11-20(28-3)23(30-5)21(12-18)29-4/h6-13H,14H2,1-5H3,(H,26,27). The molecule has 0 saturated carbocycles. The number of nitrogens with one attached hydrogen (secondary N) is 1. The zero-order valence-corrected chi connectivity index (χ0v) is 18.3. The first-order valence-electron chi connectivity index (χ1n) is 9.73. The molecule has 0 saturated heterocycles. The van der Waals surface area contributed by atoms with E-state index in [0.717, 1.165) is 22.4 Å². The number of methoxy groups -OCH3 is 3. The molecule has 0 aliphatic heterocycles. The molecule has 7 heteroatoms. The number of hydrogen-bond acceptors (Lipinski definition) is 6. The Morgan fingerprint density at radius 3 is 2.19 bits per heavy atom. The maximum atomic E-state index is 12.6. The third-order valence-corrected chi connectivity index (χ3v) is 4.74. The SMILES string of the molecule is COc1cc(C(=O)NCc2ccc(Oc3cc(C)ccc3C)nc2)cc(OC)c1OC. The minimum atomic E-state index is -0.269. The van der Waals surface area contributed by atoms with Gasteiger partial charge in [-0.25, -0.2) is 4.98 Å². The van der Waals surface area contributed by atoms with E-state index in [2.05, 4.69) is 10.3 Å². The second-order valence-corrected chi connectivity index (χ2v) is 6.97. The monoisotopic (exact) mass is 422 g/mol. The maximum absolute atomic E-state index is 12.6. The Balaban J connectivity index is 1.66. The molecule has 0 spiro atoms. The van der Waals surface area contributed by atoms with Crippen molar-refractivity contribution in [2.75, 3.05) is 21.3 Å². The van der Waals surface area contributed by atoms with Crippen LogP contribution < -0.4 is 24.3 Å². The average molecular weight is 422 g/mol. The molecule has 1 aromatic heterocycles. The fourth-order valence-electron chi connectivity index (χ4n) is 3.00. The number of carbonyl (C=O) groups is 1. The van der Waals surface area contributed by atoms with Gasteiger partial charge in [-0.15, -0.1) is 0 Å². The first-order valence-corrected chi connectivity index (χ1v) is 9.73. The highest BCUT2D eigenvalue weighted by atomic mass is 16.5. The number of nitrogens with zero attached hydrogens (tertiary/aromatic N) is 1. The van der Waals surface area contributed by atoms with Crippen molar-refractivity contribution in [2.24, 2.45) is 0 Å². The lowest BCUT2D eigenvalue weighted by Crippen LogP contribution is -2.23. The van der Waals surface area contributed by atoms with E-state index < -0.39 is 0 Å². The van der Waals surface area contributed by atoms with Crippen LogP contribution in [-0.4, -0.2) is 32.2 Å². The van der Waals surface area contributed by atoms with Gasteiger partial charge >= 0.3 is 0 Å². The van der Waals surface area contributed by atoms with Crippen LogP contribution in [0.15, 0.2) is 48.7 Å². The fraction of sp³-hybridized carbons (Fsp3) is 0.250. The Bertz CT molecular complexity index is 1040. The second-order valence-electron chi connectivity index (χ2n) is 6.97. The van der Waals surface area contributed by atoms with Gasteiger partial charge < -0.3 is 24.3 Å². The maximum Gasteiger partial charge on any atom is 0.251 e. The Kier molecular flexibility index (Phi) is 6.97. The van der Waals surface area contributed by atoms with Crippen LogP contribution in [0.5, 0.6) is 28.9 Å². The molecule has 31 heavy (non-hydrogen) atoms. The summed E-state index contributed by atoms with van der Waals surface area (Å²) in [6.45, 7) is 4.31. The number of carbonyl (C=O) groups excluding carboxylic acids is 1. The van der Waals surface area contributed by atoms with Crippen LogP contribution in [0.2, 0.25) is 0 Å². The molecule has 7 nitrogen and oxygen atoms in total. The molecule has 0 aliphatic rings. The number of hydrogen-bond donors (Lipinski definition) is 1. The van der Waals surface area contributed by atoms with Gasteiger partial charge in [-0.2, -0.15) is 0 Å². The molecule has 1 N–H and O–H groups in total. The lowest BCUT2D eigenvalue weighted by atomic mass is 10.1. The molecule has 0 radical (unpaired) electrons. The quantitative estimate of drug-likeness (QED) is 0.578. The van der Waals surface area contributed by atoms with E-state index in [9.17, 15) is 4.79 Å². The summed E-state index contributed by atoms with van der Waals surface area (Å²) in [7, 11) is 4.53. The van der Waals surface area contributed by atoms with Gasteiger partial charge in [-0.05, 0) is 48.7 Å². The first kappa shape index (κ1) is 22.0. The molecule has 0 aliphatic carbocycles. The molecule has 1 heterocycles. The molecule has 3 rings (SSSR count). The van der Waals surface area contributed by atoms with Gasteiger partial charge in [0.1, 0.15) is 5.75 Å². The van der Waals surface area contributed by atoms with E-state index in [1.54, 1.807) is 24.4 Å². The van der Waals surface area contributed by atoms with Crippen LogP contribution >= 0.6 is 0 Å². The van der Waals surface area contributed by atoms with Crippen LogP contribution in [0.1, 0.15) is 27.0 Å². The van der Waals surface area contributed by atoms with Crippen molar-refractivity contribution in [3.05, 3.63) is 70.9 Å². The molecule has 0 bridgehead atoms. The Morgan fingerprint density at radius 2 is 1.61 bits per heavy atom. The van der Waals surface area contributed by atoms with Crippen LogP contribution in [0, 0.1) is 13.8 Å². The fourth-order valence-corrected chi connectivity index (χ4v) is 3.00. The number of rotatable bonds is 8. The van der Waals surface area contributed by atoms with Gasteiger partial charge in [-0.1, -0.05) is 18.2 Å². The van der Waals surface area contributed by atoms with E-state index >= 15 is 0 Å². The lowest BCUT2D eigenvalue weighted by molar-refractivity contribution is 0.0950. The number of pyridine rings is 1. The Hall–Kier alpha value is -3.74. The van der Waals surface area contributed by atoms with E-state index in [1.807, 2.05) is 38.1 Å². The van der Waals surface area contributed by atoms with Crippen LogP contribution in [0.3, 0.4) is 0 Å². The van der Waals surface area contributed by atoms with Gasteiger partial charge in [0.25, 0.3) is 5.91 Å². The highest BCUT2D eigenvalue weighted by Crippen LogP contribution is 2.38. The number of benzene rings is 2. The van der Waals surface area contributed by atoms with Crippen molar-refractivity contribution < 1.29 is 23.7 Å². The van der Waals surface area contributed by atoms with E-state index in [-0.39, 0.29) is 5.91 Å². The Morgan fingerprint density at radius 1 is 0.903 bits per heavy atom. The van der Waals surface area contributed by atoms with Crippen molar-refractivity contribution in [3.8, 4) is 28.9 Å². The topological polar surface area (TPSA) is 78.9 Å². The van der Waals surface area contributed by atoms with Crippen molar-refractivity contribution in [3.63, 3.8) is 0 Å². The van der Waals surface area contributed by atoms with E-state index in [1.165, 1.54) is 21.3 Å². The molecular formula is C24H26N2O5. The Labute approximate surface area is 181 Å². The summed E-state index contributed by atoms with van der Waals surface area (Å²) in [5, 5.41) is 2.87. The van der Waals surface area contributed by atoms with Crippen molar-refractivity contribution in [1.82, 2.24) is 10.3 Å². The molecule has 0 atom stereocenters. The molecule has 1 amide bonds. The summed E-state index contributed by atoms with van der Waals surface area (Å²) in [6, 6.07) is 12.9. The normalized spacial score (nSPS) is 10.4. The third kappa shape index (κ3) is 5.25. The molecule has 2 aromatic carbocycles. The summed E-state index contributed by atoms with van der Waals surface area (Å²) in [4.78, 5) is 17.0. The molecule has 0 unspecified atom stereocenters. The molecule has 0 fully saturated rings. The highest BCUT2D eigenvalue weighted by Gasteiger charge is 2.17. The van der Waals surface area contributed by atoms with Crippen molar-refractivity contribution in [1.29, 1.82) is 0 Å². The van der Waals surface area contributed by atoms with E-state index in [4.69, 9.17) is 18.9 Å². The van der Waals surface area contributed by atoms with Crippen LogP contribution in [0.4, 0.5) is 0 Å².